The van der Waals surface area contributed by atoms with Gasteiger partial charge >= 0.3 is 5.97 Å². The summed E-state index contributed by atoms with van der Waals surface area (Å²) >= 11 is 0. The van der Waals surface area contributed by atoms with Gasteiger partial charge < -0.3 is 24.7 Å². The SMILES string of the molecule is COC(=O)CN1C(=O)C2(C(C#N)=C(N)OC3NNC(c4ccc5c(c4)OCO5)C32)c2ccccc21. The standard InChI is InChI=1S/C24H21N5O6/c1-32-18(30)10-29-15-5-3-2-4-13(15)24(23(29)31)14(9-25)21(26)35-22-19(24)20(27-28-22)12-6-7-16-17(8-12)34-11-33-16/h2-8,19-20,22,27-28H,10-11,26H2,1H3. The molecule has 4 aliphatic heterocycles. The number of carbonyl (C=O) groups excluding carboxylic acids is 2. The summed E-state index contributed by atoms with van der Waals surface area (Å²) in [6, 6.07) is 14.2. The van der Waals surface area contributed by atoms with Gasteiger partial charge in [-0.15, -0.1) is 0 Å². The van der Waals surface area contributed by atoms with Gasteiger partial charge in [-0.3, -0.25) is 14.5 Å². The third-order valence-electron chi connectivity index (χ3n) is 7.05. The second-order valence-electron chi connectivity index (χ2n) is 8.59. The highest BCUT2D eigenvalue weighted by atomic mass is 16.7. The Morgan fingerprint density at radius 2 is 2.06 bits per heavy atom. The average molecular weight is 475 g/mol. The fourth-order valence-electron chi connectivity index (χ4n) is 5.60. The largest absolute Gasteiger partial charge is 0.468 e. The first-order valence-corrected chi connectivity index (χ1v) is 11.0. The zero-order valence-corrected chi connectivity index (χ0v) is 18.6. The molecular weight excluding hydrogens is 454 g/mol. The molecule has 6 rings (SSSR count). The molecule has 0 bridgehead atoms. The molecule has 2 aromatic carbocycles. The van der Waals surface area contributed by atoms with Crippen LogP contribution in [-0.2, 0) is 24.5 Å². The number of benzene rings is 2. The van der Waals surface area contributed by atoms with Crippen LogP contribution in [0.1, 0.15) is 17.2 Å². The number of esters is 1. The summed E-state index contributed by atoms with van der Waals surface area (Å²) in [7, 11) is 1.26. The Kier molecular flexibility index (Phi) is 4.64. The van der Waals surface area contributed by atoms with Crippen molar-refractivity contribution >= 4 is 17.6 Å². The Hall–Kier alpha value is -4.27. The summed E-state index contributed by atoms with van der Waals surface area (Å²) in [6.45, 7) is -0.180. The first-order chi connectivity index (χ1) is 17.0. The van der Waals surface area contributed by atoms with Gasteiger partial charge in [0, 0.05) is 5.69 Å². The van der Waals surface area contributed by atoms with Crippen LogP contribution in [0.4, 0.5) is 5.69 Å². The molecule has 4 N–H and O–H groups in total. The number of carbonyl (C=O) groups is 2. The Morgan fingerprint density at radius 1 is 1.26 bits per heavy atom. The van der Waals surface area contributed by atoms with Crippen LogP contribution in [0.5, 0.6) is 11.5 Å². The molecule has 4 heterocycles. The lowest BCUT2D eigenvalue weighted by Gasteiger charge is -2.42. The van der Waals surface area contributed by atoms with Crippen LogP contribution < -0.4 is 31.0 Å². The van der Waals surface area contributed by atoms with Crippen molar-refractivity contribution in [2.24, 2.45) is 11.7 Å². The Balaban J connectivity index is 1.56. The predicted octanol–water partition coefficient (Wildman–Crippen LogP) is 0.688. The molecule has 1 saturated heterocycles. The number of anilines is 1. The maximum atomic E-state index is 14.3. The van der Waals surface area contributed by atoms with Crippen LogP contribution in [0, 0.1) is 17.2 Å². The van der Waals surface area contributed by atoms with E-state index in [1.54, 1.807) is 30.3 Å². The number of methoxy groups -OCH3 is 1. The van der Waals surface area contributed by atoms with E-state index in [9.17, 15) is 14.9 Å². The molecule has 1 fully saturated rings. The van der Waals surface area contributed by atoms with Gasteiger partial charge in [-0.25, -0.2) is 10.9 Å². The Labute approximate surface area is 199 Å². The second-order valence-corrected chi connectivity index (χ2v) is 8.59. The highest BCUT2D eigenvalue weighted by Crippen LogP contribution is 2.58. The lowest BCUT2D eigenvalue weighted by atomic mass is 9.61. The van der Waals surface area contributed by atoms with Crippen molar-refractivity contribution < 1.29 is 28.5 Å². The molecule has 11 heteroatoms. The highest BCUT2D eigenvalue weighted by molar-refractivity contribution is 6.13. The number of fused-ring (bicyclic) bond motifs is 5. The van der Waals surface area contributed by atoms with Crippen molar-refractivity contribution in [3.8, 4) is 17.6 Å². The monoisotopic (exact) mass is 475 g/mol. The Bertz CT molecular complexity index is 1340. The third kappa shape index (κ3) is 2.78. The average Bonchev–Trinajstić information content (AvgIpc) is 3.57. The number of nitriles is 1. The van der Waals surface area contributed by atoms with Crippen molar-refractivity contribution in [3.05, 3.63) is 65.0 Å². The minimum absolute atomic E-state index is 0.000177. The zero-order chi connectivity index (χ0) is 24.3. The summed E-state index contributed by atoms with van der Waals surface area (Å²) < 4.78 is 21.7. The van der Waals surface area contributed by atoms with Crippen molar-refractivity contribution in [2.45, 2.75) is 17.7 Å². The van der Waals surface area contributed by atoms with E-state index in [4.69, 9.17) is 24.7 Å². The van der Waals surface area contributed by atoms with Gasteiger partial charge in [0.25, 0.3) is 0 Å². The van der Waals surface area contributed by atoms with E-state index in [2.05, 4.69) is 16.9 Å². The van der Waals surface area contributed by atoms with Crippen molar-refractivity contribution in [1.29, 1.82) is 5.26 Å². The number of nitrogens with two attached hydrogens (primary N) is 1. The number of hydrogen-bond donors (Lipinski definition) is 3. The topological polar surface area (TPSA) is 148 Å². The van der Waals surface area contributed by atoms with Crippen LogP contribution in [-0.4, -0.2) is 38.6 Å². The smallest absolute Gasteiger partial charge is 0.325 e. The molecule has 35 heavy (non-hydrogen) atoms. The number of hydrazine groups is 1. The van der Waals surface area contributed by atoms with Crippen LogP contribution >= 0.6 is 0 Å². The molecule has 178 valence electrons. The van der Waals surface area contributed by atoms with E-state index < -0.39 is 35.5 Å². The summed E-state index contributed by atoms with van der Waals surface area (Å²) in [6.07, 6.45) is -0.738. The minimum atomic E-state index is -1.51. The number of hydrogen-bond acceptors (Lipinski definition) is 10. The van der Waals surface area contributed by atoms with Crippen LogP contribution in [0.2, 0.25) is 0 Å². The summed E-state index contributed by atoms with van der Waals surface area (Å²) in [5.41, 5.74) is 12.9. The normalized spacial score (nSPS) is 27.9. The van der Waals surface area contributed by atoms with Gasteiger partial charge in [0.1, 0.15) is 23.6 Å². The molecular formula is C24H21N5O6. The fourth-order valence-corrected chi connectivity index (χ4v) is 5.60. The van der Waals surface area contributed by atoms with E-state index in [-0.39, 0.29) is 24.8 Å². The summed E-state index contributed by atoms with van der Waals surface area (Å²) in [5, 5.41) is 10.2. The number of nitrogens with zero attached hydrogens (tertiary/aromatic N) is 2. The highest BCUT2D eigenvalue weighted by Gasteiger charge is 2.67. The molecule has 0 radical (unpaired) electrons. The molecule has 2 aromatic rings. The van der Waals surface area contributed by atoms with E-state index in [1.165, 1.54) is 12.0 Å². The number of para-hydroxylation sites is 1. The summed E-state index contributed by atoms with van der Waals surface area (Å²) in [5.74, 6) is -0.602. The first kappa shape index (κ1) is 21.3. The van der Waals surface area contributed by atoms with Gasteiger partial charge in [0.05, 0.1) is 19.1 Å². The van der Waals surface area contributed by atoms with Crippen molar-refractivity contribution in [2.75, 3.05) is 25.3 Å². The van der Waals surface area contributed by atoms with Gasteiger partial charge in [-0.05, 0) is 29.3 Å². The lowest BCUT2D eigenvalue weighted by Crippen LogP contribution is -2.56. The molecule has 1 amide bonds. The molecule has 4 unspecified atom stereocenters. The maximum Gasteiger partial charge on any atom is 0.325 e. The molecule has 4 aliphatic rings. The van der Waals surface area contributed by atoms with Crippen molar-refractivity contribution in [3.63, 3.8) is 0 Å². The number of amides is 1. The van der Waals surface area contributed by atoms with E-state index in [0.717, 1.165) is 5.56 Å². The first-order valence-electron chi connectivity index (χ1n) is 11.0. The van der Waals surface area contributed by atoms with Crippen LogP contribution in [0.25, 0.3) is 0 Å². The number of nitrogens with one attached hydrogen (secondary N) is 2. The van der Waals surface area contributed by atoms with Crippen LogP contribution in [0.3, 0.4) is 0 Å². The van der Waals surface area contributed by atoms with E-state index in [0.29, 0.717) is 22.7 Å². The maximum absolute atomic E-state index is 14.3. The molecule has 4 atom stereocenters. The molecule has 11 nitrogen and oxygen atoms in total. The number of rotatable bonds is 3. The van der Waals surface area contributed by atoms with Gasteiger partial charge in [-0.2, -0.15) is 5.26 Å². The molecule has 0 saturated carbocycles. The second kappa shape index (κ2) is 7.63. The third-order valence-corrected chi connectivity index (χ3v) is 7.05. The quantitative estimate of drug-likeness (QED) is 0.542. The summed E-state index contributed by atoms with van der Waals surface area (Å²) in [4.78, 5) is 27.9. The molecule has 0 aromatic heterocycles. The fraction of sp³-hybridized carbons (Fsp3) is 0.292. The van der Waals surface area contributed by atoms with Gasteiger partial charge in [-0.1, -0.05) is 24.3 Å². The molecule has 0 aliphatic carbocycles. The Morgan fingerprint density at radius 3 is 2.86 bits per heavy atom. The van der Waals surface area contributed by atoms with Crippen molar-refractivity contribution in [1.82, 2.24) is 10.9 Å². The predicted molar refractivity (Wildman–Crippen MR) is 119 cm³/mol. The van der Waals surface area contributed by atoms with Gasteiger partial charge in [0.2, 0.25) is 18.6 Å². The van der Waals surface area contributed by atoms with Crippen LogP contribution in [0.15, 0.2) is 53.9 Å². The van der Waals surface area contributed by atoms with E-state index >= 15 is 0 Å². The van der Waals surface area contributed by atoms with Gasteiger partial charge in [0.15, 0.2) is 17.7 Å². The zero-order valence-electron chi connectivity index (χ0n) is 18.6. The lowest BCUT2D eigenvalue weighted by molar-refractivity contribution is -0.140. The minimum Gasteiger partial charge on any atom is -0.468 e. The molecule has 1 spiro atoms. The van der Waals surface area contributed by atoms with E-state index in [1.807, 2.05) is 12.1 Å². The number of ether oxygens (including phenoxy) is 4.